The molecule has 2 heteroatoms. The highest BCUT2D eigenvalue weighted by atomic mass is 16.3. The summed E-state index contributed by atoms with van der Waals surface area (Å²) in [5.74, 6) is 1.83. The van der Waals surface area contributed by atoms with Gasteiger partial charge in [-0.25, -0.2) is 0 Å². The lowest BCUT2D eigenvalue weighted by atomic mass is 9.83. The van der Waals surface area contributed by atoms with Gasteiger partial charge < -0.3 is 4.42 Å². The number of hydrogen-bond acceptors (Lipinski definition) is 2. The zero-order chi connectivity index (χ0) is 15.8. The molecule has 0 spiro atoms. The Bertz CT molecular complexity index is 566. The molecule has 0 amide bonds. The third kappa shape index (κ3) is 2.49. The van der Waals surface area contributed by atoms with E-state index in [1.807, 2.05) is 13.0 Å². The summed E-state index contributed by atoms with van der Waals surface area (Å²) in [5, 5.41) is 0. The van der Waals surface area contributed by atoms with Crippen molar-refractivity contribution in [1.29, 1.82) is 0 Å². The summed E-state index contributed by atoms with van der Waals surface area (Å²) in [4.78, 5) is 11.7. The molecule has 1 aromatic rings. The van der Waals surface area contributed by atoms with E-state index >= 15 is 0 Å². The van der Waals surface area contributed by atoms with Crippen LogP contribution in [0.2, 0.25) is 0 Å². The molecule has 2 rings (SSSR count). The molecule has 1 heterocycles. The Morgan fingerprint density at radius 2 is 2.05 bits per heavy atom. The molecule has 21 heavy (non-hydrogen) atoms. The van der Waals surface area contributed by atoms with Crippen molar-refractivity contribution in [1.82, 2.24) is 0 Å². The van der Waals surface area contributed by atoms with Gasteiger partial charge in [-0.05, 0) is 39.7 Å². The quantitative estimate of drug-likeness (QED) is 0.371. The van der Waals surface area contributed by atoms with Crippen LogP contribution in [0.3, 0.4) is 0 Å². The van der Waals surface area contributed by atoms with Crippen LogP contribution in [-0.2, 0) is 5.41 Å². The smallest absolute Gasteiger partial charge is 0.163 e. The molecular formula is C19H28O2. The van der Waals surface area contributed by atoms with E-state index in [2.05, 4.69) is 27.4 Å². The number of aryl methyl sites for hydroxylation is 1. The average Bonchev–Trinajstić information content (AvgIpc) is 2.83. The van der Waals surface area contributed by atoms with Crippen LogP contribution >= 0.6 is 0 Å². The SMILES string of the molecule is C=C(C)[C@@]1(C)C[C@]1(CCCCC)c1cc(C(C)=O)c(C)o1. The highest BCUT2D eigenvalue weighted by Gasteiger charge is 2.66. The third-order valence-electron chi connectivity index (χ3n) is 5.50. The molecule has 0 N–H and O–H groups in total. The van der Waals surface area contributed by atoms with Crippen LogP contribution in [0.4, 0.5) is 0 Å². The first-order valence-corrected chi connectivity index (χ1v) is 8.06. The van der Waals surface area contributed by atoms with Crippen LogP contribution in [0.5, 0.6) is 0 Å². The second-order valence-corrected chi connectivity index (χ2v) is 6.97. The summed E-state index contributed by atoms with van der Waals surface area (Å²) in [5.41, 5.74) is 2.11. The summed E-state index contributed by atoms with van der Waals surface area (Å²) < 4.78 is 6.02. The van der Waals surface area contributed by atoms with E-state index in [-0.39, 0.29) is 16.6 Å². The Morgan fingerprint density at radius 3 is 2.48 bits per heavy atom. The molecule has 2 nitrogen and oxygen atoms in total. The van der Waals surface area contributed by atoms with Crippen molar-refractivity contribution in [3.63, 3.8) is 0 Å². The number of ketones is 1. The topological polar surface area (TPSA) is 30.2 Å². The van der Waals surface area contributed by atoms with Gasteiger partial charge in [0.05, 0.1) is 5.56 Å². The average molecular weight is 288 g/mol. The minimum Gasteiger partial charge on any atom is -0.465 e. The number of furan rings is 1. The van der Waals surface area contributed by atoms with Crippen LogP contribution in [0.25, 0.3) is 0 Å². The van der Waals surface area contributed by atoms with Crippen molar-refractivity contribution in [3.8, 4) is 0 Å². The van der Waals surface area contributed by atoms with E-state index in [4.69, 9.17) is 4.42 Å². The zero-order valence-electron chi connectivity index (χ0n) is 14.1. The fourth-order valence-electron chi connectivity index (χ4n) is 3.71. The summed E-state index contributed by atoms with van der Waals surface area (Å²) in [7, 11) is 0. The van der Waals surface area contributed by atoms with Gasteiger partial charge in [0.15, 0.2) is 5.78 Å². The molecule has 1 saturated carbocycles. The highest BCUT2D eigenvalue weighted by Crippen LogP contribution is 2.70. The van der Waals surface area contributed by atoms with E-state index in [1.54, 1.807) is 6.92 Å². The van der Waals surface area contributed by atoms with Gasteiger partial charge in [-0.15, -0.1) is 0 Å². The zero-order valence-corrected chi connectivity index (χ0v) is 14.1. The van der Waals surface area contributed by atoms with Gasteiger partial charge >= 0.3 is 0 Å². The lowest BCUT2D eigenvalue weighted by Crippen LogP contribution is -2.17. The van der Waals surface area contributed by atoms with Crippen LogP contribution < -0.4 is 0 Å². The Morgan fingerprint density at radius 1 is 1.38 bits per heavy atom. The van der Waals surface area contributed by atoms with E-state index in [0.29, 0.717) is 0 Å². The van der Waals surface area contributed by atoms with Crippen LogP contribution in [0.15, 0.2) is 22.6 Å². The standard InChI is InChI=1S/C19H28O2/c1-7-8-9-10-19(12-18(19,6)13(2)3)17-11-16(14(4)20)15(5)21-17/h11H,2,7-10,12H2,1,3-6H3/t18-,19-/m1/s1. The molecule has 0 aliphatic heterocycles. The predicted octanol–water partition coefficient (Wildman–Crippen LogP) is 5.59. The fraction of sp³-hybridized carbons (Fsp3) is 0.632. The largest absolute Gasteiger partial charge is 0.465 e. The molecule has 0 radical (unpaired) electrons. The molecule has 116 valence electrons. The minimum absolute atomic E-state index is 0.0481. The molecule has 1 aromatic heterocycles. The minimum atomic E-state index is 0.0481. The normalized spacial score (nSPS) is 27.7. The number of unbranched alkanes of at least 4 members (excludes halogenated alkanes) is 2. The Kier molecular flexibility index (Phi) is 4.19. The summed E-state index contributed by atoms with van der Waals surface area (Å²) in [6.45, 7) is 14.3. The second-order valence-electron chi connectivity index (χ2n) is 6.97. The van der Waals surface area contributed by atoms with Gasteiger partial charge in [0, 0.05) is 10.8 Å². The number of Topliss-reactive ketones (excluding diaryl/α,β-unsaturated/α-hetero) is 1. The van der Waals surface area contributed by atoms with Crippen molar-refractivity contribution in [2.45, 2.75) is 72.1 Å². The lowest BCUT2D eigenvalue weighted by Gasteiger charge is -2.21. The van der Waals surface area contributed by atoms with Crippen LogP contribution in [0.1, 0.15) is 81.7 Å². The van der Waals surface area contributed by atoms with E-state index in [1.165, 1.54) is 24.8 Å². The number of rotatable bonds is 7. The Labute approximate surface area is 128 Å². The summed E-state index contributed by atoms with van der Waals surface area (Å²) in [6.07, 6.45) is 5.87. The molecule has 0 unspecified atom stereocenters. The van der Waals surface area contributed by atoms with Gasteiger partial charge in [0.2, 0.25) is 0 Å². The highest BCUT2D eigenvalue weighted by molar-refractivity contribution is 5.95. The van der Waals surface area contributed by atoms with Crippen molar-refractivity contribution in [2.75, 3.05) is 0 Å². The Balaban J connectivity index is 2.36. The molecule has 1 aliphatic carbocycles. The third-order valence-corrected chi connectivity index (χ3v) is 5.50. The number of carbonyl (C=O) groups is 1. The van der Waals surface area contributed by atoms with Crippen LogP contribution in [0, 0.1) is 12.3 Å². The summed E-state index contributed by atoms with van der Waals surface area (Å²) >= 11 is 0. The maximum absolute atomic E-state index is 11.7. The van der Waals surface area contributed by atoms with E-state index in [9.17, 15) is 4.79 Å². The van der Waals surface area contributed by atoms with Crippen molar-refractivity contribution in [2.24, 2.45) is 5.41 Å². The van der Waals surface area contributed by atoms with Gasteiger partial charge in [-0.1, -0.05) is 45.3 Å². The predicted molar refractivity (Wildman–Crippen MR) is 86.8 cm³/mol. The summed E-state index contributed by atoms with van der Waals surface area (Å²) in [6, 6.07) is 1.98. The molecule has 2 atom stereocenters. The second kappa shape index (κ2) is 5.47. The van der Waals surface area contributed by atoms with Crippen molar-refractivity contribution >= 4 is 5.78 Å². The number of hydrogen-bond donors (Lipinski definition) is 0. The van der Waals surface area contributed by atoms with Crippen molar-refractivity contribution in [3.05, 3.63) is 35.3 Å². The number of carbonyl (C=O) groups excluding carboxylic acids is 1. The van der Waals surface area contributed by atoms with Gasteiger partial charge in [-0.3, -0.25) is 4.79 Å². The fourth-order valence-corrected chi connectivity index (χ4v) is 3.71. The maximum Gasteiger partial charge on any atom is 0.163 e. The number of allylic oxidation sites excluding steroid dienone is 1. The molecule has 0 bridgehead atoms. The first-order valence-electron chi connectivity index (χ1n) is 8.06. The maximum atomic E-state index is 11.7. The van der Waals surface area contributed by atoms with Crippen LogP contribution in [-0.4, -0.2) is 5.78 Å². The monoisotopic (exact) mass is 288 g/mol. The van der Waals surface area contributed by atoms with E-state index in [0.717, 1.165) is 29.9 Å². The van der Waals surface area contributed by atoms with Gasteiger partial charge in [0.1, 0.15) is 11.5 Å². The Hall–Kier alpha value is -1.31. The molecular weight excluding hydrogens is 260 g/mol. The first kappa shape index (κ1) is 16.1. The van der Waals surface area contributed by atoms with E-state index < -0.39 is 0 Å². The molecule has 0 saturated heterocycles. The molecule has 1 fully saturated rings. The molecule has 0 aromatic carbocycles. The van der Waals surface area contributed by atoms with Gasteiger partial charge in [0.25, 0.3) is 0 Å². The first-order chi connectivity index (χ1) is 9.78. The molecule has 1 aliphatic rings. The van der Waals surface area contributed by atoms with Crippen molar-refractivity contribution < 1.29 is 9.21 Å². The van der Waals surface area contributed by atoms with Gasteiger partial charge in [-0.2, -0.15) is 0 Å². The lowest BCUT2D eigenvalue weighted by molar-refractivity contribution is 0.101.